The number of nitrogens with two attached hydrogens (primary N) is 1. The lowest BCUT2D eigenvalue weighted by molar-refractivity contribution is -0.134. The Labute approximate surface area is 116 Å². The largest absolute Gasteiger partial charge is 0.482 e. The van der Waals surface area contributed by atoms with Gasteiger partial charge in [-0.1, -0.05) is 11.6 Å². The molecule has 1 saturated heterocycles. The van der Waals surface area contributed by atoms with Crippen molar-refractivity contribution in [2.75, 3.05) is 19.7 Å². The fraction of sp³-hybridized carbons (Fsp3) is 0.462. The standard InChI is InChI=1S/C13H16ClFN2O2/c14-11-7-9(15)1-2-12(11)19-8-13(18)17-5-3-10(16)4-6-17/h1-2,7,10H,3-6,8,16H2. The van der Waals surface area contributed by atoms with Crippen LogP contribution in [-0.4, -0.2) is 36.5 Å². The summed E-state index contributed by atoms with van der Waals surface area (Å²) in [6.07, 6.45) is 1.62. The topological polar surface area (TPSA) is 55.6 Å². The second-order valence-electron chi connectivity index (χ2n) is 4.58. The molecule has 1 aliphatic heterocycles. The summed E-state index contributed by atoms with van der Waals surface area (Å²) in [4.78, 5) is 13.6. The van der Waals surface area contributed by atoms with Crippen LogP contribution >= 0.6 is 11.6 Å². The van der Waals surface area contributed by atoms with Crippen LogP contribution in [0.4, 0.5) is 4.39 Å². The van der Waals surface area contributed by atoms with E-state index < -0.39 is 5.82 Å². The van der Waals surface area contributed by atoms with Gasteiger partial charge in [0, 0.05) is 19.1 Å². The molecule has 1 aliphatic rings. The zero-order valence-corrected chi connectivity index (χ0v) is 11.2. The number of ether oxygens (including phenoxy) is 1. The van der Waals surface area contributed by atoms with Crippen molar-refractivity contribution >= 4 is 17.5 Å². The van der Waals surface area contributed by atoms with Crippen molar-refractivity contribution in [2.45, 2.75) is 18.9 Å². The number of likely N-dealkylation sites (tertiary alicyclic amines) is 1. The second kappa shape index (κ2) is 6.21. The Kier molecular flexibility index (Phi) is 4.61. The number of hydrogen-bond donors (Lipinski definition) is 1. The molecule has 0 atom stereocenters. The molecule has 1 fully saturated rings. The molecule has 6 heteroatoms. The summed E-state index contributed by atoms with van der Waals surface area (Å²) in [6.45, 7) is 1.21. The first-order valence-corrected chi connectivity index (χ1v) is 6.55. The molecule has 0 unspecified atom stereocenters. The molecule has 0 spiro atoms. The lowest BCUT2D eigenvalue weighted by atomic mass is 10.1. The van der Waals surface area contributed by atoms with Crippen LogP contribution in [0.5, 0.6) is 5.75 Å². The summed E-state index contributed by atoms with van der Waals surface area (Å²) in [5.41, 5.74) is 5.77. The van der Waals surface area contributed by atoms with E-state index in [4.69, 9.17) is 22.1 Å². The van der Waals surface area contributed by atoms with Crippen molar-refractivity contribution in [1.82, 2.24) is 4.90 Å². The number of halogens is 2. The van der Waals surface area contributed by atoms with E-state index in [1.807, 2.05) is 0 Å². The van der Waals surface area contributed by atoms with Gasteiger partial charge in [-0.05, 0) is 31.0 Å². The van der Waals surface area contributed by atoms with E-state index in [0.717, 1.165) is 18.9 Å². The lowest BCUT2D eigenvalue weighted by Gasteiger charge is -2.30. The van der Waals surface area contributed by atoms with Gasteiger partial charge in [-0.15, -0.1) is 0 Å². The summed E-state index contributed by atoms with van der Waals surface area (Å²) in [7, 11) is 0. The van der Waals surface area contributed by atoms with E-state index in [9.17, 15) is 9.18 Å². The van der Waals surface area contributed by atoms with Crippen LogP contribution in [0.15, 0.2) is 18.2 Å². The Balaban J connectivity index is 1.86. The molecule has 0 aromatic heterocycles. The maximum atomic E-state index is 12.8. The summed E-state index contributed by atoms with van der Waals surface area (Å²) < 4.78 is 18.2. The number of amides is 1. The van der Waals surface area contributed by atoms with E-state index >= 15 is 0 Å². The molecule has 1 aromatic carbocycles. The van der Waals surface area contributed by atoms with E-state index in [1.165, 1.54) is 12.1 Å². The quantitative estimate of drug-likeness (QED) is 0.922. The number of carbonyl (C=O) groups is 1. The minimum atomic E-state index is -0.436. The van der Waals surface area contributed by atoms with E-state index in [-0.39, 0.29) is 23.6 Å². The van der Waals surface area contributed by atoms with Crippen molar-refractivity contribution in [2.24, 2.45) is 5.73 Å². The van der Waals surface area contributed by atoms with E-state index in [1.54, 1.807) is 4.90 Å². The average molecular weight is 287 g/mol. The van der Waals surface area contributed by atoms with Crippen molar-refractivity contribution in [3.8, 4) is 5.75 Å². The molecular formula is C13H16ClFN2O2. The number of hydrogen-bond acceptors (Lipinski definition) is 3. The Morgan fingerprint density at radius 3 is 2.79 bits per heavy atom. The SMILES string of the molecule is NC1CCN(C(=O)COc2ccc(F)cc2Cl)CC1. The number of nitrogens with zero attached hydrogens (tertiary/aromatic N) is 1. The highest BCUT2D eigenvalue weighted by Gasteiger charge is 2.20. The number of benzene rings is 1. The highest BCUT2D eigenvalue weighted by molar-refractivity contribution is 6.32. The van der Waals surface area contributed by atoms with Crippen LogP contribution in [-0.2, 0) is 4.79 Å². The highest BCUT2D eigenvalue weighted by Crippen LogP contribution is 2.24. The van der Waals surface area contributed by atoms with Crippen molar-refractivity contribution in [3.63, 3.8) is 0 Å². The van der Waals surface area contributed by atoms with Crippen LogP contribution in [0.2, 0.25) is 5.02 Å². The number of rotatable bonds is 3. The van der Waals surface area contributed by atoms with Crippen LogP contribution in [0.1, 0.15) is 12.8 Å². The van der Waals surface area contributed by atoms with Gasteiger partial charge in [0.2, 0.25) is 0 Å². The average Bonchev–Trinajstić information content (AvgIpc) is 2.38. The monoisotopic (exact) mass is 286 g/mol. The van der Waals surface area contributed by atoms with Crippen LogP contribution in [0.25, 0.3) is 0 Å². The molecular weight excluding hydrogens is 271 g/mol. The minimum absolute atomic E-state index is 0.0966. The van der Waals surface area contributed by atoms with Gasteiger partial charge >= 0.3 is 0 Å². The molecule has 4 nitrogen and oxygen atoms in total. The second-order valence-corrected chi connectivity index (χ2v) is 4.99. The van der Waals surface area contributed by atoms with Gasteiger partial charge in [0.15, 0.2) is 6.61 Å². The molecule has 0 radical (unpaired) electrons. The first-order valence-electron chi connectivity index (χ1n) is 6.17. The van der Waals surface area contributed by atoms with Gasteiger partial charge in [0.25, 0.3) is 5.91 Å². The summed E-state index contributed by atoms with van der Waals surface area (Å²) in [6, 6.07) is 3.99. The summed E-state index contributed by atoms with van der Waals surface area (Å²) >= 11 is 5.81. The van der Waals surface area contributed by atoms with Crippen LogP contribution in [0, 0.1) is 5.82 Å². The highest BCUT2D eigenvalue weighted by atomic mass is 35.5. The summed E-state index contributed by atoms with van der Waals surface area (Å²) in [5, 5.41) is 0.161. The van der Waals surface area contributed by atoms with Gasteiger partial charge in [0.1, 0.15) is 11.6 Å². The maximum Gasteiger partial charge on any atom is 0.260 e. The lowest BCUT2D eigenvalue weighted by Crippen LogP contribution is -2.44. The third-order valence-corrected chi connectivity index (χ3v) is 3.43. The number of piperidine rings is 1. The molecule has 104 valence electrons. The number of carbonyl (C=O) groups excluding carboxylic acids is 1. The molecule has 2 rings (SSSR count). The minimum Gasteiger partial charge on any atom is -0.482 e. The fourth-order valence-corrected chi connectivity index (χ4v) is 2.19. The van der Waals surface area contributed by atoms with Gasteiger partial charge in [-0.25, -0.2) is 4.39 Å². The Hall–Kier alpha value is -1.33. The summed E-state index contributed by atoms with van der Waals surface area (Å²) in [5.74, 6) is -0.230. The van der Waals surface area contributed by atoms with Gasteiger partial charge in [-0.3, -0.25) is 4.79 Å². The van der Waals surface area contributed by atoms with Gasteiger partial charge < -0.3 is 15.4 Å². The molecule has 19 heavy (non-hydrogen) atoms. The predicted octanol–water partition coefficient (Wildman–Crippen LogP) is 1.81. The van der Waals surface area contributed by atoms with E-state index in [2.05, 4.69) is 0 Å². The normalized spacial score (nSPS) is 16.5. The predicted molar refractivity (Wildman–Crippen MR) is 70.7 cm³/mol. The molecule has 1 heterocycles. The van der Waals surface area contributed by atoms with Crippen LogP contribution in [0.3, 0.4) is 0 Å². The van der Waals surface area contributed by atoms with E-state index in [0.29, 0.717) is 18.8 Å². The fourth-order valence-electron chi connectivity index (χ4n) is 1.97. The van der Waals surface area contributed by atoms with Crippen molar-refractivity contribution in [1.29, 1.82) is 0 Å². The molecule has 0 bridgehead atoms. The van der Waals surface area contributed by atoms with Gasteiger partial charge in [0.05, 0.1) is 5.02 Å². The zero-order chi connectivity index (χ0) is 13.8. The van der Waals surface area contributed by atoms with Crippen LogP contribution < -0.4 is 10.5 Å². The Bertz CT molecular complexity index is 462. The Morgan fingerprint density at radius 1 is 1.47 bits per heavy atom. The smallest absolute Gasteiger partial charge is 0.260 e. The molecule has 0 saturated carbocycles. The van der Waals surface area contributed by atoms with Crippen molar-refractivity contribution < 1.29 is 13.9 Å². The third kappa shape index (κ3) is 3.81. The molecule has 1 amide bonds. The molecule has 1 aromatic rings. The maximum absolute atomic E-state index is 12.8. The molecule has 0 aliphatic carbocycles. The first kappa shape index (κ1) is 14.1. The van der Waals surface area contributed by atoms with Crippen molar-refractivity contribution in [3.05, 3.63) is 29.0 Å². The van der Waals surface area contributed by atoms with Gasteiger partial charge in [-0.2, -0.15) is 0 Å². The zero-order valence-electron chi connectivity index (χ0n) is 10.4. The third-order valence-electron chi connectivity index (χ3n) is 3.14. The Morgan fingerprint density at radius 2 is 2.16 bits per heavy atom. The molecule has 2 N–H and O–H groups in total. The first-order chi connectivity index (χ1) is 9.06.